The Bertz CT molecular complexity index is 652. The Balaban J connectivity index is 4.08. The summed E-state index contributed by atoms with van der Waals surface area (Å²) in [5, 5.41) is 21.8. The zero-order chi connectivity index (χ0) is 15.1. The van der Waals surface area contributed by atoms with E-state index in [1.165, 1.54) is 0 Å². The van der Waals surface area contributed by atoms with Crippen LogP contribution in [-0.2, 0) is 10.1 Å². The zero-order valence-corrected chi connectivity index (χ0v) is 11.0. The maximum Gasteiger partial charge on any atom is 0.295 e. The number of benzene rings is 1. The van der Waals surface area contributed by atoms with Gasteiger partial charge in [-0.1, -0.05) is 0 Å². The van der Waals surface area contributed by atoms with E-state index in [-0.39, 0.29) is 16.7 Å². The van der Waals surface area contributed by atoms with Crippen LogP contribution in [0.4, 0.5) is 11.4 Å². The van der Waals surface area contributed by atoms with Crippen molar-refractivity contribution in [1.29, 1.82) is 0 Å². The monoisotopic (exact) mass is 290 g/mol. The van der Waals surface area contributed by atoms with Crippen LogP contribution in [-0.4, -0.2) is 22.8 Å². The van der Waals surface area contributed by atoms with Crippen LogP contribution in [0.3, 0.4) is 0 Å². The minimum Gasteiger partial charge on any atom is -0.282 e. The standard InChI is InChI=1S/C9H10N2O7S/c1-4-7(10(12)13)5(2)9(19(16,17)18)6(3)8(4)11(14)15/h1-3H3,(H,16,17,18). The molecule has 9 nitrogen and oxygen atoms in total. The summed E-state index contributed by atoms with van der Waals surface area (Å²) in [6.45, 7) is 3.39. The minimum atomic E-state index is -4.80. The zero-order valence-electron chi connectivity index (χ0n) is 10.2. The quantitative estimate of drug-likeness (QED) is 0.507. The van der Waals surface area contributed by atoms with Gasteiger partial charge in [0.15, 0.2) is 0 Å². The van der Waals surface area contributed by atoms with Crippen molar-refractivity contribution >= 4 is 21.5 Å². The lowest BCUT2D eigenvalue weighted by Gasteiger charge is -2.10. The third kappa shape index (κ3) is 2.39. The summed E-state index contributed by atoms with van der Waals surface area (Å²) in [7, 11) is -4.80. The van der Waals surface area contributed by atoms with Gasteiger partial charge in [0.1, 0.15) is 10.5 Å². The third-order valence-corrected chi connectivity index (χ3v) is 3.85. The van der Waals surface area contributed by atoms with Gasteiger partial charge < -0.3 is 0 Å². The Morgan fingerprint density at radius 3 is 1.42 bits per heavy atom. The summed E-state index contributed by atoms with van der Waals surface area (Å²) < 4.78 is 31.6. The predicted molar refractivity (Wildman–Crippen MR) is 63.8 cm³/mol. The SMILES string of the molecule is Cc1c([N+](=O)[O-])c(C)c(S(=O)(=O)O)c(C)c1[N+](=O)[O-]. The number of hydrogen-bond donors (Lipinski definition) is 1. The molecule has 0 heterocycles. The average Bonchev–Trinajstić information content (AvgIpc) is 2.12. The van der Waals surface area contributed by atoms with Crippen LogP contribution in [0, 0.1) is 41.0 Å². The molecule has 0 spiro atoms. The Labute approximate surface area is 107 Å². The Morgan fingerprint density at radius 1 is 0.895 bits per heavy atom. The molecule has 0 saturated carbocycles. The molecule has 0 fully saturated rings. The van der Waals surface area contributed by atoms with Gasteiger partial charge in [0.25, 0.3) is 21.5 Å². The highest BCUT2D eigenvalue weighted by Crippen LogP contribution is 2.39. The van der Waals surface area contributed by atoms with Gasteiger partial charge in [0.2, 0.25) is 0 Å². The molecule has 0 aromatic heterocycles. The predicted octanol–water partition coefficient (Wildman–Crippen LogP) is 1.67. The van der Waals surface area contributed by atoms with E-state index in [0.29, 0.717) is 0 Å². The largest absolute Gasteiger partial charge is 0.295 e. The van der Waals surface area contributed by atoms with E-state index in [4.69, 9.17) is 4.55 Å². The highest BCUT2D eigenvalue weighted by atomic mass is 32.2. The van der Waals surface area contributed by atoms with E-state index in [1.54, 1.807) is 0 Å². The van der Waals surface area contributed by atoms with Crippen LogP contribution in [0.2, 0.25) is 0 Å². The van der Waals surface area contributed by atoms with Gasteiger partial charge in [0, 0.05) is 11.1 Å². The number of nitrogens with zero attached hydrogens (tertiary/aromatic N) is 2. The van der Waals surface area contributed by atoms with Crippen molar-refractivity contribution in [2.75, 3.05) is 0 Å². The highest BCUT2D eigenvalue weighted by molar-refractivity contribution is 7.86. The maximum atomic E-state index is 11.2. The summed E-state index contributed by atoms with van der Waals surface area (Å²) in [4.78, 5) is 19.2. The van der Waals surface area contributed by atoms with E-state index in [2.05, 4.69) is 0 Å². The van der Waals surface area contributed by atoms with E-state index in [1.807, 2.05) is 0 Å². The van der Waals surface area contributed by atoms with Gasteiger partial charge in [-0.25, -0.2) is 0 Å². The molecular weight excluding hydrogens is 280 g/mol. The summed E-state index contributed by atoms with van der Waals surface area (Å²) in [6, 6.07) is 0. The van der Waals surface area contributed by atoms with E-state index >= 15 is 0 Å². The van der Waals surface area contributed by atoms with Crippen molar-refractivity contribution < 1.29 is 22.8 Å². The van der Waals surface area contributed by atoms with Gasteiger partial charge in [-0.2, -0.15) is 8.42 Å². The molecule has 0 atom stereocenters. The molecule has 0 aliphatic rings. The van der Waals surface area contributed by atoms with Crippen molar-refractivity contribution in [2.45, 2.75) is 25.7 Å². The molecule has 19 heavy (non-hydrogen) atoms. The lowest BCUT2D eigenvalue weighted by atomic mass is 10.0. The Hall–Kier alpha value is -2.07. The van der Waals surface area contributed by atoms with Gasteiger partial charge in [0.05, 0.1) is 9.85 Å². The molecule has 0 aliphatic heterocycles. The molecule has 1 aromatic rings. The smallest absolute Gasteiger partial charge is 0.282 e. The molecule has 0 bridgehead atoms. The first kappa shape index (κ1) is 15.0. The topological polar surface area (TPSA) is 141 Å². The van der Waals surface area contributed by atoms with Crippen LogP contribution in [0.1, 0.15) is 16.7 Å². The van der Waals surface area contributed by atoms with Crippen LogP contribution in [0.15, 0.2) is 4.90 Å². The van der Waals surface area contributed by atoms with Crippen molar-refractivity contribution in [2.24, 2.45) is 0 Å². The lowest BCUT2D eigenvalue weighted by Crippen LogP contribution is -2.11. The van der Waals surface area contributed by atoms with E-state index in [9.17, 15) is 28.6 Å². The molecule has 0 radical (unpaired) electrons. The number of rotatable bonds is 3. The van der Waals surface area contributed by atoms with E-state index < -0.39 is 36.2 Å². The summed E-state index contributed by atoms with van der Waals surface area (Å²) in [5.41, 5.74) is -2.28. The van der Waals surface area contributed by atoms with Gasteiger partial charge in [-0.05, 0) is 20.8 Å². The highest BCUT2D eigenvalue weighted by Gasteiger charge is 2.34. The normalized spacial score (nSPS) is 11.4. The second kappa shape index (κ2) is 4.55. The van der Waals surface area contributed by atoms with Gasteiger partial charge in [-0.15, -0.1) is 0 Å². The van der Waals surface area contributed by atoms with Crippen molar-refractivity contribution in [3.05, 3.63) is 36.9 Å². The van der Waals surface area contributed by atoms with Crippen molar-refractivity contribution in [1.82, 2.24) is 0 Å². The first-order valence-corrected chi connectivity index (χ1v) is 6.34. The van der Waals surface area contributed by atoms with Crippen LogP contribution in [0.5, 0.6) is 0 Å². The summed E-state index contributed by atoms with van der Waals surface area (Å²) >= 11 is 0. The third-order valence-electron chi connectivity index (χ3n) is 2.73. The first-order chi connectivity index (χ1) is 8.50. The lowest BCUT2D eigenvalue weighted by molar-refractivity contribution is -0.396. The molecule has 0 amide bonds. The fourth-order valence-electron chi connectivity index (χ4n) is 2.11. The average molecular weight is 290 g/mol. The van der Waals surface area contributed by atoms with Gasteiger partial charge >= 0.3 is 0 Å². The second-order valence-corrected chi connectivity index (χ2v) is 5.25. The molecule has 0 saturated heterocycles. The maximum absolute atomic E-state index is 11.2. The number of nitro benzene ring substituents is 2. The van der Waals surface area contributed by atoms with Crippen LogP contribution in [0.25, 0.3) is 0 Å². The molecule has 1 rings (SSSR count). The first-order valence-electron chi connectivity index (χ1n) is 4.90. The van der Waals surface area contributed by atoms with Crippen molar-refractivity contribution in [3.8, 4) is 0 Å². The van der Waals surface area contributed by atoms with Gasteiger partial charge in [-0.3, -0.25) is 24.8 Å². The summed E-state index contributed by atoms with van der Waals surface area (Å²) in [6.07, 6.45) is 0. The molecule has 1 aromatic carbocycles. The van der Waals surface area contributed by atoms with Crippen LogP contribution < -0.4 is 0 Å². The number of nitro groups is 2. The fraction of sp³-hybridized carbons (Fsp3) is 0.333. The Kier molecular flexibility index (Phi) is 3.59. The number of hydrogen-bond acceptors (Lipinski definition) is 6. The minimum absolute atomic E-state index is 0.252. The van der Waals surface area contributed by atoms with Crippen LogP contribution >= 0.6 is 0 Å². The Morgan fingerprint density at radius 2 is 1.21 bits per heavy atom. The van der Waals surface area contributed by atoms with Crippen molar-refractivity contribution in [3.63, 3.8) is 0 Å². The fourth-order valence-corrected chi connectivity index (χ4v) is 3.07. The molecule has 0 unspecified atom stereocenters. The molecule has 0 aliphatic carbocycles. The molecule has 1 N–H and O–H groups in total. The second-order valence-electron chi connectivity index (χ2n) is 3.89. The molecular formula is C9H10N2O7S. The molecule has 10 heteroatoms. The molecule has 104 valence electrons. The van der Waals surface area contributed by atoms with E-state index in [0.717, 1.165) is 20.8 Å². The summed E-state index contributed by atoms with van der Waals surface area (Å²) in [5.74, 6) is 0.